The number of anilines is 1. The van der Waals surface area contributed by atoms with Crippen molar-refractivity contribution in [2.24, 2.45) is 0 Å². The Bertz CT molecular complexity index is 332. The fraction of sp³-hybridized carbons (Fsp3) is 0.500. The average molecular weight is 225 g/mol. The summed E-state index contributed by atoms with van der Waals surface area (Å²) >= 11 is 5.86. The van der Waals surface area contributed by atoms with Crippen molar-refractivity contribution in [2.75, 3.05) is 5.73 Å². The highest BCUT2D eigenvalue weighted by Gasteiger charge is 2.13. The molecule has 1 fully saturated rings. The van der Waals surface area contributed by atoms with Gasteiger partial charge in [0.1, 0.15) is 0 Å². The summed E-state index contributed by atoms with van der Waals surface area (Å²) in [5.41, 5.74) is 7.63. The van der Waals surface area contributed by atoms with Crippen molar-refractivity contribution in [2.45, 2.75) is 38.3 Å². The number of nitrogens with two attached hydrogens (primary N) is 1. The van der Waals surface area contributed by atoms with Crippen LogP contribution in [0.15, 0.2) is 18.2 Å². The van der Waals surface area contributed by atoms with Crippen LogP contribution in [0.25, 0.3) is 0 Å². The van der Waals surface area contributed by atoms with Gasteiger partial charge >= 0.3 is 0 Å². The third-order valence-corrected chi connectivity index (χ3v) is 3.35. The first kappa shape index (κ1) is 10.8. The zero-order chi connectivity index (χ0) is 10.7. The fourth-order valence-corrected chi connectivity index (χ4v) is 2.21. The molecule has 3 heteroatoms. The molecule has 1 aromatic rings. The van der Waals surface area contributed by atoms with Crippen molar-refractivity contribution < 1.29 is 0 Å². The number of benzene rings is 1. The molecule has 1 saturated carbocycles. The third-order valence-electron chi connectivity index (χ3n) is 3.01. The predicted molar refractivity (Wildman–Crippen MR) is 65.0 cm³/mol. The van der Waals surface area contributed by atoms with E-state index in [9.17, 15) is 0 Å². The summed E-state index contributed by atoms with van der Waals surface area (Å²) in [5, 5.41) is 4.18. The van der Waals surface area contributed by atoms with Crippen LogP contribution in [0.2, 0.25) is 5.02 Å². The Morgan fingerprint density at radius 2 is 2.07 bits per heavy atom. The summed E-state index contributed by atoms with van der Waals surface area (Å²) in [5.74, 6) is 0. The van der Waals surface area contributed by atoms with E-state index < -0.39 is 0 Å². The molecule has 0 spiro atoms. The summed E-state index contributed by atoms with van der Waals surface area (Å²) in [6.45, 7) is 0.895. The molecule has 0 bridgehead atoms. The van der Waals surface area contributed by atoms with Crippen LogP contribution in [0, 0.1) is 0 Å². The zero-order valence-corrected chi connectivity index (χ0v) is 9.56. The van der Waals surface area contributed by atoms with Crippen molar-refractivity contribution in [3.63, 3.8) is 0 Å². The van der Waals surface area contributed by atoms with Gasteiger partial charge in [0.25, 0.3) is 0 Å². The zero-order valence-electron chi connectivity index (χ0n) is 8.80. The molecule has 0 unspecified atom stereocenters. The average Bonchev–Trinajstić information content (AvgIpc) is 2.73. The molecule has 1 aliphatic rings. The first-order chi connectivity index (χ1) is 7.25. The molecule has 82 valence electrons. The molecule has 1 aromatic carbocycles. The van der Waals surface area contributed by atoms with E-state index in [1.165, 1.54) is 31.2 Å². The van der Waals surface area contributed by atoms with Crippen molar-refractivity contribution in [1.29, 1.82) is 0 Å². The Labute approximate surface area is 95.8 Å². The smallest absolute Gasteiger partial charge is 0.0635 e. The fourth-order valence-electron chi connectivity index (χ4n) is 2.10. The quantitative estimate of drug-likeness (QED) is 0.775. The molecule has 0 saturated heterocycles. The van der Waals surface area contributed by atoms with Gasteiger partial charge in [-0.25, -0.2) is 0 Å². The highest BCUT2D eigenvalue weighted by Crippen LogP contribution is 2.21. The van der Waals surface area contributed by atoms with Gasteiger partial charge in [-0.1, -0.05) is 30.5 Å². The van der Waals surface area contributed by atoms with Gasteiger partial charge in [-0.3, -0.25) is 0 Å². The van der Waals surface area contributed by atoms with E-state index in [2.05, 4.69) is 5.32 Å². The summed E-state index contributed by atoms with van der Waals surface area (Å²) in [4.78, 5) is 0. The summed E-state index contributed by atoms with van der Waals surface area (Å²) in [6.07, 6.45) is 5.34. The maximum absolute atomic E-state index is 5.86. The molecule has 15 heavy (non-hydrogen) atoms. The minimum atomic E-state index is 0.639. The largest absolute Gasteiger partial charge is 0.398 e. The van der Waals surface area contributed by atoms with Gasteiger partial charge in [-0.05, 0) is 30.5 Å². The Kier molecular flexibility index (Phi) is 3.49. The van der Waals surface area contributed by atoms with Gasteiger partial charge in [0, 0.05) is 12.6 Å². The second kappa shape index (κ2) is 4.86. The third kappa shape index (κ3) is 2.86. The Morgan fingerprint density at radius 3 is 2.73 bits per heavy atom. The molecule has 1 aliphatic carbocycles. The summed E-state index contributed by atoms with van der Waals surface area (Å²) in [7, 11) is 0. The van der Waals surface area contributed by atoms with E-state index in [-0.39, 0.29) is 0 Å². The first-order valence-corrected chi connectivity index (χ1v) is 5.91. The maximum Gasteiger partial charge on any atom is 0.0635 e. The molecule has 0 amide bonds. The van der Waals surface area contributed by atoms with Crippen molar-refractivity contribution in [3.05, 3.63) is 28.8 Å². The van der Waals surface area contributed by atoms with Crippen molar-refractivity contribution in [3.8, 4) is 0 Å². The van der Waals surface area contributed by atoms with Crippen LogP contribution in [-0.2, 0) is 6.54 Å². The Balaban J connectivity index is 1.90. The Hall–Kier alpha value is -0.730. The van der Waals surface area contributed by atoms with Crippen LogP contribution < -0.4 is 11.1 Å². The second-order valence-electron chi connectivity index (χ2n) is 4.22. The van der Waals surface area contributed by atoms with Crippen molar-refractivity contribution >= 4 is 17.3 Å². The number of nitrogens with one attached hydrogen (secondary N) is 1. The lowest BCUT2D eigenvalue weighted by molar-refractivity contribution is 0.524. The lowest BCUT2D eigenvalue weighted by Gasteiger charge is -2.12. The molecule has 0 radical (unpaired) electrons. The monoisotopic (exact) mass is 224 g/mol. The van der Waals surface area contributed by atoms with Crippen molar-refractivity contribution in [1.82, 2.24) is 5.32 Å². The normalized spacial score (nSPS) is 17.1. The van der Waals surface area contributed by atoms with E-state index in [0.717, 1.165) is 6.54 Å². The van der Waals surface area contributed by atoms with Gasteiger partial charge in [0.2, 0.25) is 0 Å². The summed E-state index contributed by atoms with van der Waals surface area (Å²) < 4.78 is 0. The van der Waals surface area contributed by atoms with Gasteiger partial charge in [0.15, 0.2) is 0 Å². The SMILES string of the molecule is Nc1cc(CNC2CCCC2)ccc1Cl. The van der Waals surface area contributed by atoms with Gasteiger partial charge < -0.3 is 11.1 Å². The van der Waals surface area contributed by atoms with E-state index in [0.29, 0.717) is 16.8 Å². The molecule has 0 aromatic heterocycles. The molecule has 3 N–H and O–H groups in total. The summed E-state index contributed by atoms with van der Waals surface area (Å²) in [6, 6.07) is 6.54. The van der Waals surface area contributed by atoms with Crippen LogP contribution >= 0.6 is 11.6 Å². The number of halogens is 1. The van der Waals surface area contributed by atoms with E-state index in [1.807, 2.05) is 18.2 Å². The van der Waals surface area contributed by atoms with E-state index >= 15 is 0 Å². The molecule has 2 rings (SSSR count). The van der Waals surface area contributed by atoms with Gasteiger partial charge in [-0.15, -0.1) is 0 Å². The first-order valence-electron chi connectivity index (χ1n) is 5.53. The van der Waals surface area contributed by atoms with Crippen LogP contribution in [0.3, 0.4) is 0 Å². The molecule has 0 atom stereocenters. The lowest BCUT2D eigenvalue weighted by atomic mass is 10.2. The molecular weight excluding hydrogens is 208 g/mol. The van der Waals surface area contributed by atoms with Gasteiger partial charge in [0.05, 0.1) is 10.7 Å². The molecule has 0 aliphatic heterocycles. The predicted octanol–water partition coefficient (Wildman–Crippen LogP) is 2.95. The Morgan fingerprint density at radius 1 is 1.33 bits per heavy atom. The van der Waals surface area contributed by atoms with Crippen LogP contribution in [0.1, 0.15) is 31.2 Å². The van der Waals surface area contributed by atoms with Crippen LogP contribution in [-0.4, -0.2) is 6.04 Å². The van der Waals surface area contributed by atoms with Crippen LogP contribution in [0.4, 0.5) is 5.69 Å². The molecular formula is C12H17ClN2. The van der Waals surface area contributed by atoms with E-state index in [4.69, 9.17) is 17.3 Å². The van der Waals surface area contributed by atoms with Crippen LogP contribution in [0.5, 0.6) is 0 Å². The number of hydrogen-bond donors (Lipinski definition) is 2. The molecule has 2 nitrogen and oxygen atoms in total. The number of nitrogen functional groups attached to an aromatic ring is 1. The number of hydrogen-bond acceptors (Lipinski definition) is 2. The second-order valence-corrected chi connectivity index (χ2v) is 4.63. The number of rotatable bonds is 3. The highest BCUT2D eigenvalue weighted by atomic mass is 35.5. The van der Waals surface area contributed by atoms with Gasteiger partial charge in [-0.2, -0.15) is 0 Å². The minimum Gasteiger partial charge on any atom is -0.398 e. The van der Waals surface area contributed by atoms with E-state index in [1.54, 1.807) is 0 Å². The maximum atomic E-state index is 5.86. The molecule has 0 heterocycles. The minimum absolute atomic E-state index is 0.639. The highest BCUT2D eigenvalue weighted by molar-refractivity contribution is 6.33. The topological polar surface area (TPSA) is 38.0 Å². The lowest BCUT2D eigenvalue weighted by Crippen LogP contribution is -2.25. The standard InChI is InChI=1S/C12H17ClN2/c13-11-6-5-9(7-12(11)14)8-15-10-3-1-2-4-10/h5-7,10,15H,1-4,8,14H2.